The van der Waals surface area contributed by atoms with E-state index in [0.29, 0.717) is 33.6 Å². The molecular formula is C24H20N2O6. The molecule has 0 saturated heterocycles. The molecule has 3 aromatic carbocycles. The fourth-order valence-corrected chi connectivity index (χ4v) is 2.83. The van der Waals surface area contributed by atoms with Gasteiger partial charge < -0.3 is 20.1 Å². The molecular weight excluding hydrogens is 412 g/mol. The van der Waals surface area contributed by atoms with Crippen LogP contribution in [0, 0.1) is 0 Å². The smallest absolute Gasteiger partial charge is 0.337 e. The van der Waals surface area contributed by atoms with E-state index in [1.165, 1.54) is 62.8 Å². The van der Waals surface area contributed by atoms with Gasteiger partial charge in [0.25, 0.3) is 11.8 Å². The van der Waals surface area contributed by atoms with Crippen LogP contribution in [0.15, 0.2) is 72.8 Å². The van der Waals surface area contributed by atoms with Gasteiger partial charge in [0.1, 0.15) is 0 Å². The van der Waals surface area contributed by atoms with E-state index in [2.05, 4.69) is 20.1 Å². The maximum Gasteiger partial charge on any atom is 0.337 e. The number of carbonyl (C=O) groups is 4. The van der Waals surface area contributed by atoms with E-state index < -0.39 is 11.9 Å². The van der Waals surface area contributed by atoms with E-state index in [0.717, 1.165) is 0 Å². The predicted molar refractivity (Wildman–Crippen MR) is 118 cm³/mol. The SMILES string of the molecule is COC(=O)c1ccc(C(=O)Nc2cccc(NC(=O)c3ccc(C(=O)OC)cc3)c2)cc1. The number of ether oxygens (including phenoxy) is 2. The molecule has 2 amide bonds. The third kappa shape index (κ3) is 5.37. The Morgan fingerprint density at radius 3 is 1.25 bits per heavy atom. The van der Waals surface area contributed by atoms with Crippen LogP contribution in [-0.4, -0.2) is 38.0 Å². The largest absolute Gasteiger partial charge is 0.465 e. The molecule has 2 N–H and O–H groups in total. The van der Waals surface area contributed by atoms with Crippen molar-refractivity contribution < 1.29 is 28.7 Å². The number of amides is 2. The fraction of sp³-hybridized carbons (Fsp3) is 0.0833. The Labute approximate surface area is 184 Å². The maximum atomic E-state index is 12.5. The van der Waals surface area contributed by atoms with E-state index in [4.69, 9.17) is 0 Å². The normalized spacial score (nSPS) is 10.1. The first kappa shape index (κ1) is 22.2. The van der Waals surface area contributed by atoms with E-state index in [1.54, 1.807) is 24.3 Å². The van der Waals surface area contributed by atoms with Gasteiger partial charge in [0.15, 0.2) is 0 Å². The van der Waals surface area contributed by atoms with Gasteiger partial charge in [0.05, 0.1) is 25.3 Å². The minimum absolute atomic E-state index is 0.341. The van der Waals surface area contributed by atoms with Crippen molar-refractivity contribution in [2.75, 3.05) is 24.9 Å². The van der Waals surface area contributed by atoms with Gasteiger partial charge in [0, 0.05) is 22.5 Å². The quantitative estimate of drug-likeness (QED) is 0.574. The standard InChI is InChI=1S/C24H20N2O6/c1-31-23(29)17-10-6-15(7-11-17)21(27)25-19-4-3-5-20(14-19)26-22(28)16-8-12-18(13-9-16)24(30)32-2/h3-14H,1-2H3,(H,25,27)(H,26,28). The summed E-state index contributed by atoms with van der Waals surface area (Å²) in [6, 6.07) is 18.8. The maximum absolute atomic E-state index is 12.5. The van der Waals surface area contributed by atoms with E-state index >= 15 is 0 Å². The molecule has 0 atom stereocenters. The zero-order valence-electron chi connectivity index (χ0n) is 17.4. The number of anilines is 2. The first-order valence-corrected chi connectivity index (χ1v) is 9.51. The predicted octanol–water partition coefficient (Wildman–Crippen LogP) is 3.76. The molecule has 3 rings (SSSR count). The van der Waals surface area contributed by atoms with Crippen LogP contribution in [0.25, 0.3) is 0 Å². The molecule has 0 bridgehead atoms. The van der Waals surface area contributed by atoms with Crippen LogP contribution in [0.4, 0.5) is 11.4 Å². The number of rotatable bonds is 6. The number of methoxy groups -OCH3 is 2. The molecule has 3 aromatic rings. The van der Waals surface area contributed by atoms with E-state index in [9.17, 15) is 19.2 Å². The van der Waals surface area contributed by atoms with Gasteiger partial charge >= 0.3 is 11.9 Å². The summed E-state index contributed by atoms with van der Waals surface area (Å²) in [5.41, 5.74) is 2.36. The van der Waals surface area contributed by atoms with Gasteiger partial charge in [-0.05, 0) is 66.7 Å². The first-order valence-electron chi connectivity index (χ1n) is 9.51. The Kier molecular flexibility index (Phi) is 6.97. The van der Waals surface area contributed by atoms with Crippen LogP contribution >= 0.6 is 0 Å². The molecule has 0 aromatic heterocycles. The zero-order valence-corrected chi connectivity index (χ0v) is 17.4. The second kappa shape index (κ2) is 10.0. The van der Waals surface area contributed by atoms with Crippen LogP contribution in [0.5, 0.6) is 0 Å². The highest BCUT2D eigenvalue weighted by Crippen LogP contribution is 2.18. The van der Waals surface area contributed by atoms with Crippen molar-refractivity contribution in [1.82, 2.24) is 0 Å². The average Bonchev–Trinajstić information content (AvgIpc) is 2.83. The molecule has 0 saturated carbocycles. The molecule has 0 aliphatic rings. The van der Waals surface area contributed by atoms with Gasteiger partial charge in [-0.25, -0.2) is 9.59 Å². The van der Waals surface area contributed by atoms with Crippen molar-refractivity contribution in [2.24, 2.45) is 0 Å². The van der Waals surface area contributed by atoms with Crippen LogP contribution in [0.2, 0.25) is 0 Å². The summed E-state index contributed by atoms with van der Waals surface area (Å²) in [7, 11) is 2.57. The van der Waals surface area contributed by atoms with Gasteiger partial charge in [-0.1, -0.05) is 6.07 Å². The number of hydrogen-bond acceptors (Lipinski definition) is 6. The third-order valence-electron chi connectivity index (χ3n) is 4.51. The van der Waals surface area contributed by atoms with Gasteiger partial charge in [-0.3, -0.25) is 9.59 Å². The number of esters is 2. The van der Waals surface area contributed by atoms with Crippen molar-refractivity contribution >= 4 is 35.1 Å². The Hall–Kier alpha value is -4.46. The van der Waals surface area contributed by atoms with Crippen LogP contribution < -0.4 is 10.6 Å². The summed E-state index contributed by atoms with van der Waals surface area (Å²) >= 11 is 0. The van der Waals surface area contributed by atoms with Crippen LogP contribution in [0.3, 0.4) is 0 Å². The highest BCUT2D eigenvalue weighted by Gasteiger charge is 2.12. The lowest BCUT2D eigenvalue weighted by atomic mass is 10.1. The number of benzene rings is 3. The molecule has 32 heavy (non-hydrogen) atoms. The molecule has 8 heteroatoms. The number of nitrogens with one attached hydrogen (secondary N) is 2. The Morgan fingerprint density at radius 2 is 0.906 bits per heavy atom. The summed E-state index contributed by atoms with van der Waals surface area (Å²) in [6.45, 7) is 0. The van der Waals surface area contributed by atoms with Crippen molar-refractivity contribution in [3.63, 3.8) is 0 Å². The molecule has 0 unspecified atom stereocenters. The van der Waals surface area contributed by atoms with Crippen molar-refractivity contribution in [3.8, 4) is 0 Å². The Bertz CT molecular complexity index is 1070. The number of hydrogen-bond donors (Lipinski definition) is 2. The molecule has 8 nitrogen and oxygen atoms in total. The van der Waals surface area contributed by atoms with Gasteiger partial charge in [0.2, 0.25) is 0 Å². The molecule has 0 spiro atoms. The average molecular weight is 432 g/mol. The summed E-state index contributed by atoms with van der Waals surface area (Å²) in [4.78, 5) is 48.0. The third-order valence-corrected chi connectivity index (χ3v) is 4.51. The van der Waals surface area contributed by atoms with Crippen LogP contribution in [-0.2, 0) is 9.47 Å². The molecule has 0 radical (unpaired) electrons. The monoisotopic (exact) mass is 432 g/mol. The Balaban J connectivity index is 1.66. The minimum atomic E-state index is -0.486. The summed E-state index contributed by atoms with van der Waals surface area (Å²) in [6.07, 6.45) is 0. The highest BCUT2D eigenvalue weighted by molar-refractivity contribution is 6.07. The van der Waals surface area contributed by atoms with Gasteiger partial charge in [-0.15, -0.1) is 0 Å². The molecule has 0 aliphatic heterocycles. The zero-order chi connectivity index (χ0) is 23.1. The topological polar surface area (TPSA) is 111 Å². The molecule has 0 fully saturated rings. The second-order valence-electron chi connectivity index (χ2n) is 6.63. The lowest BCUT2D eigenvalue weighted by Crippen LogP contribution is -2.14. The van der Waals surface area contributed by atoms with Crippen LogP contribution in [0.1, 0.15) is 41.4 Å². The first-order chi connectivity index (χ1) is 15.4. The summed E-state index contributed by atoms with van der Waals surface area (Å²) in [5, 5.41) is 5.49. The highest BCUT2D eigenvalue weighted by atomic mass is 16.5. The lowest BCUT2D eigenvalue weighted by Gasteiger charge is -2.10. The van der Waals surface area contributed by atoms with Gasteiger partial charge in [-0.2, -0.15) is 0 Å². The van der Waals surface area contributed by atoms with E-state index in [-0.39, 0.29) is 11.8 Å². The van der Waals surface area contributed by atoms with E-state index in [1.807, 2.05) is 0 Å². The molecule has 162 valence electrons. The molecule has 0 heterocycles. The van der Waals surface area contributed by atoms with Crippen molar-refractivity contribution in [1.29, 1.82) is 0 Å². The second-order valence-corrected chi connectivity index (χ2v) is 6.63. The summed E-state index contributed by atoms with van der Waals surface area (Å²) < 4.78 is 9.27. The number of carbonyl (C=O) groups excluding carboxylic acids is 4. The fourth-order valence-electron chi connectivity index (χ4n) is 2.83. The summed E-state index contributed by atoms with van der Waals surface area (Å²) in [5.74, 6) is -1.72. The van der Waals surface area contributed by atoms with Crippen molar-refractivity contribution in [3.05, 3.63) is 95.1 Å². The van der Waals surface area contributed by atoms with Crippen molar-refractivity contribution in [2.45, 2.75) is 0 Å². The minimum Gasteiger partial charge on any atom is -0.465 e. The lowest BCUT2D eigenvalue weighted by molar-refractivity contribution is 0.0592. The Morgan fingerprint density at radius 1 is 0.562 bits per heavy atom. The molecule has 0 aliphatic carbocycles.